The molecule has 152 valence electrons. The number of halogens is 1. The van der Waals surface area contributed by atoms with Crippen LogP contribution < -0.4 is 10.5 Å². The van der Waals surface area contributed by atoms with Crippen molar-refractivity contribution in [2.75, 3.05) is 36.8 Å². The lowest BCUT2D eigenvalue weighted by molar-refractivity contribution is -0.128. The molecule has 1 N–H and O–H groups in total. The summed E-state index contributed by atoms with van der Waals surface area (Å²) in [5.74, 6) is -0.0532. The Labute approximate surface area is 171 Å². The third-order valence-electron chi connectivity index (χ3n) is 5.10. The van der Waals surface area contributed by atoms with Crippen molar-refractivity contribution in [3.63, 3.8) is 0 Å². The number of benzene rings is 1. The largest absolute Gasteiger partial charge is 0.366 e. The summed E-state index contributed by atoms with van der Waals surface area (Å²) in [7, 11) is 1.66. The molecule has 0 radical (unpaired) electrons. The molecule has 1 aliphatic rings. The van der Waals surface area contributed by atoms with Crippen LogP contribution in [0.1, 0.15) is 5.69 Å². The third kappa shape index (κ3) is 3.87. The van der Waals surface area contributed by atoms with Gasteiger partial charge in [0, 0.05) is 38.9 Å². The molecule has 0 saturated carbocycles. The number of aromatic nitrogens is 3. The zero-order valence-electron chi connectivity index (χ0n) is 16.3. The molecule has 2 aromatic heterocycles. The van der Waals surface area contributed by atoms with Crippen LogP contribution in [-0.4, -0.2) is 57.3 Å². The molecular formula is C20H22FN5O2S. The highest BCUT2D eigenvalue weighted by Crippen LogP contribution is 2.21. The maximum atomic E-state index is 14.0. The number of amides is 1. The van der Waals surface area contributed by atoms with E-state index in [9.17, 15) is 14.0 Å². The molecule has 1 aliphatic heterocycles. The van der Waals surface area contributed by atoms with Gasteiger partial charge < -0.3 is 14.8 Å². The number of para-hydroxylation sites is 1. The van der Waals surface area contributed by atoms with Crippen LogP contribution in [0.3, 0.4) is 0 Å². The van der Waals surface area contributed by atoms with Crippen LogP contribution >= 0.6 is 11.8 Å². The van der Waals surface area contributed by atoms with Gasteiger partial charge in [0.1, 0.15) is 11.3 Å². The maximum Gasteiger partial charge on any atom is 0.278 e. The van der Waals surface area contributed by atoms with E-state index in [4.69, 9.17) is 0 Å². The fourth-order valence-corrected chi connectivity index (χ4v) is 4.38. The van der Waals surface area contributed by atoms with Gasteiger partial charge in [-0.25, -0.2) is 9.37 Å². The van der Waals surface area contributed by atoms with E-state index in [1.165, 1.54) is 22.4 Å². The Morgan fingerprint density at radius 1 is 1.24 bits per heavy atom. The molecule has 1 aromatic carbocycles. The first-order chi connectivity index (χ1) is 13.9. The molecular weight excluding hydrogens is 393 g/mol. The summed E-state index contributed by atoms with van der Waals surface area (Å²) in [4.78, 5) is 36.4. The number of fused-ring (bicyclic) bond motifs is 1. The SMILES string of the molecule is Cc1cc2nc(SCC(=O)N3CCN(c4ccccc4F)CC3)n(C)c(=O)c2[nH]1. The fourth-order valence-electron chi connectivity index (χ4n) is 3.51. The molecule has 1 amide bonds. The lowest BCUT2D eigenvalue weighted by Gasteiger charge is -2.36. The summed E-state index contributed by atoms with van der Waals surface area (Å²) in [6, 6.07) is 8.51. The first-order valence-electron chi connectivity index (χ1n) is 9.40. The average molecular weight is 415 g/mol. The molecule has 4 rings (SSSR count). The van der Waals surface area contributed by atoms with E-state index in [0.29, 0.717) is 48.1 Å². The highest BCUT2D eigenvalue weighted by atomic mass is 32.2. The maximum absolute atomic E-state index is 14.0. The normalized spacial score (nSPS) is 14.6. The van der Waals surface area contributed by atoms with E-state index in [1.807, 2.05) is 24.0 Å². The van der Waals surface area contributed by atoms with Crippen molar-refractivity contribution in [1.29, 1.82) is 0 Å². The molecule has 0 bridgehead atoms. The molecule has 0 aliphatic carbocycles. The number of nitrogens with one attached hydrogen (secondary N) is 1. The molecule has 29 heavy (non-hydrogen) atoms. The summed E-state index contributed by atoms with van der Waals surface area (Å²) in [6.07, 6.45) is 0. The Morgan fingerprint density at radius 3 is 2.69 bits per heavy atom. The Morgan fingerprint density at radius 2 is 1.97 bits per heavy atom. The Bertz CT molecular complexity index is 1120. The highest BCUT2D eigenvalue weighted by Gasteiger charge is 2.23. The van der Waals surface area contributed by atoms with Crippen LogP contribution in [0.25, 0.3) is 11.0 Å². The predicted octanol–water partition coefficient (Wildman–Crippen LogP) is 2.15. The van der Waals surface area contributed by atoms with Crippen LogP contribution in [0.2, 0.25) is 0 Å². The van der Waals surface area contributed by atoms with Crippen molar-refractivity contribution < 1.29 is 9.18 Å². The van der Waals surface area contributed by atoms with Crippen molar-refractivity contribution in [3.05, 3.63) is 52.2 Å². The average Bonchev–Trinajstić information content (AvgIpc) is 3.10. The van der Waals surface area contributed by atoms with Crippen LogP contribution in [-0.2, 0) is 11.8 Å². The molecule has 1 saturated heterocycles. The summed E-state index contributed by atoms with van der Waals surface area (Å²) >= 11 is 1.26. The van der Waals surface area contributed by atoms with E-state index in [2.05, 4.69) is 9.97 Å². The van der Waals surface area contributed by atoms with Gasteiger partial charge in [-0.05, 0) is 25.1 Å². The number of thioether (sulfide) groups is 1. The van der Waals surface area contributed by atoms with Crippen molar-refractivity contribution in [2.45, 2.75) is 12.1 Å². The number of aryl methyl sites for hydroxylation is 1. The van der Waals surface area contributed by atoms with E-state index in [-0.39, 0.29) is 23.0 Å². The summed E-state index contributed by atoms with van der Waals surface area (Å²) in [5, 5.41) is 0.514. The van der Waals surface area contributed by atoms with Gasteiger partial charge >= 0.3 is 0 Å². The number of anilines is 1. The monoisotopic (exact) mass is 415 g/mol. The summed E-state index contributed by atoms with van der Waals surface area (Å²) < 4.78 is 15.4. The van der Waals surface area contributed by atoms with E-state index >= 15 is 0 Å². The number of hydrogen-bond acceptors (Lipinski definition) is 5. The molecule has 1 fully saturated rings. The van der Waals surface area contributed by atoms with Gasteiger partial charge in [-0.1, -0.05) is 23.9 Å². The van der Waals surface area contributed by atoms with Crippen LogP contribution in [0.4, 0.5) is 10.1 Å². The molecule has 3 heterocycles. The molecule has 3 aromatic rings. The number of piperazine rings is 1. The van der Waals surface area contributed by atoms with Gasteiger partial charge in [-0.2, -0.15) is 0 Å². The fraction of sp³-hybridized carbons (Fsp3) is 0.350. The van der Waals surface area contributed by atoms with Gasteiger partial charge in [0.15, 0.2) is 5.16 Å². The highest BCUT2D eigenvalue weighted by molar-refractivity contribution is 7.99. The number of hydrogen-bond donors (Lipinski definition) is 1. The van der Waals surface area contributed by atoms with Crippen molar-refractivity contribution in [2.24, 2.45) is 7.05 Å². The van der Waals surface area contributed by atoms with E-state index in [0.717, 1.165) is 5.69 Å². The van der Waals surface area contributed by atoms with Gasteiger partial charge in [0.05, 0.1) is 17.0 Å². The number of aromatic amines is 1. The smallest absolute Gasteiger partial charge is 0.278 e. The first kappa shape index (κ1) is 19.5. The Kier molecular flexibility index (Phi) is 5.31. The number of rotatable bonds is 4. The molecule has 0 spiro atoms. The zero-order chi connectivity index (χ0) is 20.5. The summed E-state index contributed by atoms with van der Waals surface area (Å²) in [6.45, 7) is 4.12. The predicted molar refractivity (Wildman–Crippen MR) is 112 cm³/mol. The zero-order valence-corrected chi connectivity index (χ0v) is 17.1. The lowest BCUT2D eigenvalue weighted by Crippen LogP contribution is -2.49. The number of nitrogens with zero attached hydrogens (tertiary/aromatic N) is 4. The minimum Gasteiger partial charge on any atom is -0.366 e. The molecule has 0 atom stereocenters. The van der Waals surface area contributed by atoms with Gasteiger partial charge in [-0.15, -0.1) is 0 Å². The van der Waals surface area contributed by atoms with Crippen LogP contribution in [0.5, 0.6) is 0 Å². The van der Waals surface area contributed by atoms with Crippen molar-refractivity contribution >= 4 is 34.4 Å². The second-order valence-electron chi connectivity index (χ2n) is 7.08. The van der Waals surface area contributed by atoms with Gasteiger partial charge in [0.2, 0.25) is 5.91 Å². The van der Waals surface area contributed by atoms with Gasteiger partial charge in [0.25, 0.3) is 5.56 Å². The quantitative estimate of drug-likeness (QED) is 0.522. The summed E-state index contributed by atoms with van der Waals surface area (Å²) in [5.41, 5.74) is 2.37. The lowest BCUT2D eigenvalue weighted by atomic mass is 10.2. The topological polar surface area (TPSA) is 74.2 Å². The second kappa shape index (κ2) is 7.90. The molecule has 7 nitrogen and oxygen atoms in total. The molecule has 0 unspecified atom stereocenters. The number of carbonyl (C=O) groups excluding carboxylic acids is 1. The molecule has 9 heteroatoms. The van der Waals surface area contributed by atoms with Gasteiger partial charge in [-0.3, -0.25) is 14.2 Å². The van der Waals surface area contributed by atoms with E-state index < -0.39 is 0 Å². The van der Waals surface area contributed by atoms with Crippen molar-refractivity contribution in [1.82, 2.24) is 19.4 Å². The van der Waals surface area contributed by atoms with E-state index in [1.54, 1.807) is 24.1 Å². The standard InChI is InChI=1S/C20H22FN5O2S/c1-13-11-15-18(22-13)19(28)24(2)20(23-15)29-12-17(27)26-9-7-25(8-10-26)16-6-4-3-5-14(16)21/h3-6,11,22H,7-10,12H2,1-2H3. The van der Waals surface area contributed by atoms with Crippen LogP contribution in [0, 0.1) is 12.7 Å². The van der Waals surface area contributed by atoms with Crippen molar-refractivity contribution in [3.8, 4) is 0 Å². The number of H-pyrrole nitrogens is 1. The van der Waals surface area contributed by atoms with Crippen LogP contribution in [0.15, 0.2) is 40.3 Å². The third-order valence-corrected chi connectivity index (χ3v) is 6.12. The Hall–Kier alpha value is -2.81. The number of carbonyl (C=O) groups is 1. The first-order valence-corrected chi connectivity index (χ1v) is 10.4. The second-order valence-corrected chi connectivity index (χ2v) is 8.02. The minimum atomic E-state index is -0.245. The minimum absolute atomic E-state index is 0.0113. The Balaban J connectivity index is 1.39.